The second-order valence-corrected chi connectivity index (χ2v) is 7.25. The van der Waals surface area contributed by atoms with E-state index >= 15 is 0 Å². The van der Waals surface area contributed by atoms with Crippen molar-refractivity contribution in [1.82, 2.24) is 20.0 Å². The number of aromatic nitrogens is 3. The molecule has 1 amide bonds. The second-order valence-electron chi connectivity index (χ2n) is 5.90. The van der Waals surface area contributed by atoms with Crippen molar-refractivity contribution in [1.29, 1.82) is 0 Å². The molecule has 0 aliphatic rings. The maximum atomic E-state index is 12.6. The lowest BCUT2D eigenvalue weighted by Gasteiger charge is -2.14. The van der Waals surface area contributed by atoms with Gasteiger partial charge in [0.15, 0.2) is 11.5 Å². The molecule has 136 valence electrons. The molecule has 0 aliphatic carbocycles. The van der Waals surface area contributed by atoms with Gasteiger partial charge >= 0.3 is 0 Å². The zero-order valence-electron chi connectivity index (χ0n) is 14.1. The van der Waals surface area contributed by atoms with E-state index in [1.165, 1.54) is 16.2 Å². The number of aromatic amines is 1. The van der Waals surface area contributed by atoms with Crippen molar-refractivity contribution in [2.24, 2.45) is 0 Å². The number of halogens is 1. The fourth-order valence-electron chi connectivity index (χ4n) is 2.64. The summed E-state index contributed by atoms with van der Waals surface area (Å²) in [5, 5.41) is 6.21. The smallest absolute Gasteiger partial charge is 0.276 e. The van der Waals surface area contributed by atoms with Crippen LogP contribution < -0.4 is 5.56 Å². The lowest BCUT2D eigenvalue weighted by atomic mass is 10.1. The maximum absolute atomic E-state index is 12.6. The Morgan fingerprint density at radius 1 is 1.33 bits per heavy atom. The van der Waals surface area contributed by atoms with E-state index in [1.54, 1.807) is 42.8 Å². The number of hydrogen-bond donors (Lipinski definition) is 1. The van der Waals surface area contributed by atoms with Crippen LogP contribution in [-0.4, -0.2) is 33.0 Å². The van der Waals surface area contributed by atoms with Crippen molar-refractivity contribution in [3.63, 3.8) is 0 Å². The minimum Gasteiger partial charge on any atom is -0.355 e. The lowest BCUT2D eigenvalue weighted by molar-refractivity contribution is 0.0771. The highest BCUT2D eigenvalue weighted by Crippen LogP contribution is 2.24. The van der Waals surface area contributed by atoms with Gasteiger partial charge in [0.25, 0.3) is 11.5 Å². The van der Waals surface area contributed by atoms with E-state index in [0.29, 0.717) is 26.8 Å². The number of rotatable bonds is 4. The summed E-state index contributed by atoms with van der Waals surface area (Å²) in [5.41, 5.74) is 1.29. The van der Waals surface area contributed by atoms with Crippen molar-refractivity contribution < 1.29 is 9.32 Å². The number of nitrogens with zero attached hydrogens (tertiary/aromatic N) is 3. The molecule has 0 unspecified atom stereocenters. The largest absolute Gasteiger partial charge is 0.355 e. The summed E-state index contributed by atoms with van der Waals surface area (Å²) in [5.74, 6) is 0.501. The molecule has 3 aromatic heterocycles. The summed E-state index contributed by atoms with van der Waals surface area (Å²) >= 11 is 7.31. The van der Waals surface area contributed by atoms with Gasteiger partial charge < -0.3 is 14.4 Å². The number of fused-ring (bicyclic) bond motifs is 1. The Labute approximate surface area is 162 Å². The van der Waals surface area contributed by atoms with Gasteiger partial charge in [-0.05, 0) is 23.6 Å². The molecular weight excluding hydrogens is 388 g/mol. The van der Waals surface area contributed by atoms with Crippen LogP contribution in [0.5, 0.6) is 0 Å². The number of thiophene rings is 1. The molecule has 7 nitrogen and oxygen atoms in total. The molecule has 9 heteroatoms. The summed E-state index contributed by atoms with van der Waals surface area (Å²) in [6.45, 7) is 0.138. The summed E-state index contributed by atoms with van der Waals surface area (Å²) in [6.07, 6.45) is 0. The molecule has 0 aliphatic heterocycles. The third-order valence-corrected chi connectivity index (χ3v) is 5.07. The first kappa shape index (κ1) is 17.4. The summed E-state index contributed by atoms with van der Waals surface area (Å²) in [6, 6.07) is 10.4. The Morgan fingerprint density at radius 2 is 2.19 bits per heavy atom. The van der Waals surface area contributed by atoms with Gasteiger partial charge in [0.1, 0.15) is 10.5 Å². The van der Waals surface area contributed by atoms with Crippen LogP contribution in [0.2, 0.25) is 5.02 Å². The normalized spacial score (nSPS) is 11.0. The Hall–Kier alpha value is -2.97. The van der Waals surface area contributed by atoms with Gasteiger partial charge in [-0.15, -0.1) is 11.3 Å². The van der Waals surface area contributed by atoms with Gasteiger partial charge in [0.2, 0.25) is 0 Å². The summed E-state index contributed by atoms with van der Waals surface area (Å²) in [4.78, 5) is 33.2. The number of hydrogen-bond acceptors (Lipinski definition) is 6. The number of carbonyl (C=O) groups excluding carboxylic acids is 1. The van der Waals surface area contributed by atoms with Crippen LogP contribution >= 0.6 is 22.9 Å². The van der Waals surface area contributed by atoms with Crippen molar-refractivity contribution in [3.8, 4) is 11.3 Å². The Morgan fingerprint density at radius 3 is 3.00 bits per heavy atom. The predicted molar refractivity (Wildman–Crippen MR) is 103 cm³/mol. The molecule has 0 saturated carbocycles. The van der Waals surface area contributed by atoms with Gasteiger partial charge in [-0.2, -0.15) is 0 Å². The fourth-order valence-corrected chi connectivity index (χ4v) is 3.56. The first-order valence-electron chi connectivity index (χ1n) is 7.96. The highest BCUT2D eigenvalue weighted by Gasteiger charge is 2.19. The van der Waals surface area contributed by atoms with Gasteiger partial charge in [-0.1, -0.05) is 28.9 Å². The van der Waals surface area contributed by atoms with Gasteiger partial charge in [0.05, 0.1) is 12.1 Å². The van der Waals surface area contributed by atoms with Crippen LogP contribution in [-0.2, 0) is 6.54 Å². The molecule has 4 rings (SSSR count). The topological polar surface area (TPSA) is 92.1 Å². The first-order chi connectivity index (χ1) is 13.0. The number of nitrogens with one attached hydrogen (secondary N) is 1. The number of amides is 1. The van der Waals surface area contributed by atoms with Crippen molar-refractivity contribution >= 4 is 39.1 Å². The average molecular weight is 401 g/mol. The Balaban J connectivity index is 1.54. The standard InChI is InChI=1S/C18H13ClN4O3S/c1-23(9-15-20-12-5-6-27-16(12)17(24)21-15)18(25)13-8-14(26-22-13)10-3-2-4-11(19)7-10/h2-8H,9H2,1H3,(H,20,21,24). The van der Waals surface area contributed by atoms with Gasteiger partial charge in [0, 0.05) is 23.7 Å². The Bertz CT molecular complexity index is 1200. The van der Waals surface area contributed by atoms with Crippen molar-refractivity contribution in [3.05, 3.63) is 68.7 Å². The van der Waals surface area contributed by atoms with Crippen LogP contribution in [0.1, 0.15) is 16.3 Å². The van der Waals surface area contributed by atoms with E-state index in [-0.39, 0.29) is 23.7 Å². The van der Waals surface area contributed by atoms with E-state index in [4.69, 9.17) is 16.1 Å². The van der Waals surface area contributed by atoms with E-state index in [1.807, 2.05) is 6.07 Å². The van der Waals surface area contributed by atoms with E-state index in [0.717, 1.165) is 5.56 Å². The Kier molecular flexibility index (Phi) is 4.51. The number of H-pyrrole nitrogens is 1. The van der Waals surface area contributed by atoms with Crippen LogP contribution in [0.15, 0.2) is 51.1 Å². The SMILES string of the molecule is CN(Cc1nc2ccsc2c(=O)[nH]1)C(=O)c1cc(-c2cccc(Cl)c2)on1. The summed E-state index contributed by atoms with van der Waals surface area (Å²) < 4.78 is 5.83. The molecule has 3 heterocycles. The minimum atomic E-state index is -0.347. The third kappa shape index (κ3) is 3.49. The zero-order valence-corrected chi connectivity index (χ0v) is 15.7. The van der Waals surface area contributed by atoms with Crippen LogP contribution in [0, 0.1) is 0 Å². The molecule has 0 saturated heterocycles. The molecule has 0 bridgehead atoms. The maximum Gasteiger partial charge on any atom is 0.276 e. The zero-order chi connectivity index (χ0) is 19.0. The monoisotopic (exact) mass is 400 g/mol. The molecule has 0 atom stereocenters. The summed E-state index contributed by atoms with van der Waals surface area (Å²) in [7, 11) is 1.61. The molecule has 4 aromatic rings. The minimum absolute atomic E-state index is 0.138. The number of carbonyl (C=O) groups is 1. The predicted octanol–water partition coefficient (Wildman–Crippen LogP) is 3.57. The lowest BCUT2D eigenvalue weighted by Crippen LogP contribution is -2.28. The molecule has 1 N–H and O–H groups in total. The quantitative estimate of drug-likeness (QED) is 0.565. The molecular formula is C18H13ClN4O3S. The second kappa shape index (κ2) is 6.98. The highest BCUT2D eigenvalue weighted by atomic mass is 35.5. The van der Waals surface area contributed by atoms with Crippen LogP contribution in [0.3, 0.4) is 0 Å². The first-order valence-corrected chi connectivity index (χ1v) is 9.21. The molecule has 0 fully saturated rings. The van der Waals surface area contributed by atoms with E-state index in [9.17, 15) is 9.59 Å². The highest BCUT2D eigenvalue weighted by molar-refractivity contribution is 7.17. The van der Waals surface area contributed by atoms with Crippen LogP contribution in [0.4, 0.5) is 0 Å². The van der Waals surface area contributed by atoms with E-state index < -0.39 is 0 Å². The third-order valence-electron chi connectivity index (χ3n) is 3.94. The fraction of sp³-hybridized carbons (Fsp3) is 0.111. The molecule has 0 spiro atoms. The van der Waals surface area contributed by atoms with Crippen molar-refractivity contribution in [2.75, 3.05) is 7.05 Å². The molecule has 1 aromatic carbocycles. The van der Waals surface area contributed by atoms with E-state index in [2.05, 4.69) is 15.1 Å². The van der Waals surface area contributed by atoms with Crippen molar-refractivity contribution in [2.45, 2.75) is 6.54 Å². The van der Waals surface area contributed by atoms with Gasteiger partial charge in [-0.3, -0.25) is 9.59 Å². The molecule has 27 heavy (non-hydrogen) atoms. The van der Waals surface area contributed by atoms with Crippen LogP contribution in [0.25, 0.3) is 21.5 Å². The average Bonchev–Trinajstić information content (AvgIpc) is 3.30. The van der Waals surface area contributed by atoms with Gasteiger partial charge in [-0.25, -0.2) is 4.98 Å². The number of benzene rings is 1. The molecule has 0 radical (unpaired) electrons.